The SMILES string of the molecule is CCc1cc(CBr)nn1C. The number of aryl methyl sites for hydroxylation is 2. The molecule has 2 nitrogen and oxygen atoms in total. The lowest BCUT2D eigenvalue weighted by atomic mass is 10.3. The summed E-state index contributed by atoms with van der Waals surface area (Å²) < 4.78 is 1.93. The first-order chi connectivity index (χ1) is 4.77. The standard InChI is InChI=1S/C7H11BrN2/c1-3-7-4-6(5-8)9-10(7)2/h4H,3,5H2,1-2H3. The van der Waals surface area contributed by atoms with Crippen LogP contribution in [0.25, 0.3) is 0 Å². The zero-order chi connectivity index (χ0) is 7.56. The second kappa shape index (κ2) is 3.19. The molecule has 0 spiro atoms. The van der Waals surface area contributed by atoms with Crippen LogP contribution in [0.4, 0.5) is 0 Å². The van der Waals surface area contributed by atoms with E-state index >= 15 is 0 Å². The van der Waals surface area contributed by atoms with E-state index in [9.17, 15) is 0 Å². The van der Waals surface area contributed by atoms with Crippen LogP contribution in [0.2, 0.25) is 0 Å². The number of rotatable bonds is 2. The third-order valence-electron chi connectivity index (χ3n) is 1.53. The Morgan fingerprint density at radius 3 is 2.70 bits per heavy atom. The minimum Gasteiger partial charge on any atom is -0.272 e. The van der Waals surface area contributed by atoms with Gasteiger partial charge >= 0.3 is 0 Å². The molecule has 0 aliphatic rings. The van der Waals surface area contributed by atoms with Gasteiger partial charge in [0.15, 0.2) is 0 Å². The molecule has 0 saturated heterocycles. The van der Waals surface area contributed by atoms with Crippen LogP contribution in [0, 0.1) is 0 Å². The Morgan fingerprint density at radius 2 is 2.40 bits per heavy atom. The second-order valence-electron chi connectivity index (χ2n) is 2.24. The lowest BCUT2D eigenvalue weighted by Gasteiger charge is -1.92. The Kier molecular flexibility index (Phi) is 2.49. The van der Waals surface area contributed by atoms with Gasteiger partial charge in [-0.3, -0.25) is 4.68 Å². The van der Waals surface area contributed by atoms with Crippen molar-refractivity contribution in [2.45, 2.75) is 18.7 Å². The maximum absolute atomic E-state index is 4.27. The van der Waals surface area contributed by atoms with E-state index in [-0.39, 0.29) is 0 Å². The number of nitrogens with zero attached hydrogens (tertiary/aromatic N) is 2. The van der Waals surface area contributed by atoms with Gasteiger partial charge in [0, 0.05) is 18.1 Å². The van der Waals surface area contributed by atoms with Crippen molar-refractivity contribution in [1.82, 2.24) is 9.78 Å². The fourth-order valence-electron chi connectivity index (χ4n) is 0.968. The van der Waals surface area contributed by atoms with Crippen molar-refractivity contribution >= 4 is 15.9 Å². The average Bonchev–Trinajstić information content (AvgIpc) is 2.30. The monoisotopic (exact) mass is 202 g/mol. The fourth-order valence-corrected chi connectivity index (χ4v) is 1.24. The van der Waals surface area contributed by atoms with Crippen LogP contribution in [0.5, 0.6) is 0 Å². The van der Waals surface area contributed by atoms with Crippen LogP contribution in [0.3, 0.4) is 0 Å². The van der Waals surface area contributed by atoms with E-state index in [4.69, 9.17) is 0 Å². The molecular formula is C7H11BrN2. The maximum Gasteiger partial charge on any atom is 0.0732 e. The van der Waals surface area contributed by atoms with Crippen LogP contribution < -0.4 is 0 Å². The molecule has 1 heterocycles. The van der Waals surface area contributed by atoms with E-state index in [0.29, 0.717) is 0 Å². The van der Waals surface area contributed by atoms with Crippen molar-refractivity contribution in [2.75, 3.05) is 0 Å². The quantitative estimate of drug-likeness (QED) is 0.671. The van der Waals surface area contributed by atoms with Crippen molar-refractivity contribution in [3.8, 4) is 0 Å². The van der Waals surface area contributed by atoms with E-state index < -0.39 is 0 Å². The molecule has 56 valence electrons. The normalized spacial score (nSPS) is 10.3. The molecule has 0 N–H and O–H groups in total. The highest BCUT2D eigenvalue weighted by atomic mass is 79.9. The van der Waals surface area contributed by atoms with Gasteiger partial charge in [-0.05, 0) is 12.5 Å². The largest absolute Gasteiger partial charge is 0.272 e. The highest BCUT2D eigenvalue weighted by molar-refractivity contribution is 9.08. The highest BCUT2D eigenvalue weighted by Crippen LogP contribution is 2.06. The molecule has 0 unspecified atom stereocenters. The lowest BCUT2D eigenvalue weighted by molar-refractivity contribution is 0.710. The third kappa shape index (κ3) is 1.40. The Morgan fingerprint density at radius 1 is 1.70 bits per heavy atom. The summed E-state index contributed by atoms with van der Waals surface area (Å²) in [4.78, 5) is 0. The van der Waals surface area contributed by atoms with Crippen molar-refractivity contribution in [2.24, 2.45) is 7.05 Å². The first-order valence-electron chi connectivity index (χ1n) is 3.35. The number of alkyl halides is 1. The molecule has 0 aliphatic carbocycles. The highest BCUT2D eigenvalue weighted by Gasteiger charge is 1.99. The number of halogens is 1. The van der Waals surface area contributed by atoms with Gasteiger partial charge in [-0.25, -0.2) is 0 Å². The number of hydrogen-bond donors (Lipinski definition) is 0. The third-order valence-corrected chi connectivity index (χ3v) is 2.10. The minimum atomic E-state index is 0.848. The molecule has 0 bridgehead atoms. The predicted octanol–water partition coefficient (Wildman–Crippen LogP) is 1.88. The van der Waals surface area contributed by atoms with Gasteiger partial charge in [0.05, 0.1) is 5.69 Å². The Bertz CT molecular complexity index is 217. The molecule has 3 heteroatoms. The van der Waals surface area contributed by atoms with Gasteiger partial charge in [-0.15, -0.1) is 0 Å². The first kappa shape index (κ1) is 7.79. The molecule has 0 amide bonds. The Hall–Kier alpha value is -0.310. The van der Waals surface area contributed by atoms with Gasteiger partial charge in [0.25, 0.3) is 0 Å². The Labute approximate surface area is 69.4 Å². The average molecular weight is 203 g/mol. The van der Waals surface area contributed by atoms with E-state index in [0.717, 1.165) is 17.4 Å². The molecule has 0 aliphatic heterocycles. The summed E-state index contributed by atoms with van der Waals surface area (Å²) in [6.07, 6.45) is 1.05. The van der Waals surface area contributed by atoms with Crippen molar-refractivity contribution in [3.05, 3.63) is 17.5 Å². The summed E-state index contributed by atoms with van der Waals surface area (Å²) in [6.45, 7) is 2.13. The van der Waals surface area contributed by atoms with E-state index in [1.165, 1.54) is 5.69 Å². The summed E-state index contributed by atoms with van der Waals surface area (Å²) in [6, 6.07) is 2.12. The second-order valence-corrected chi connectivity index (χ2v) is 2.80. The zero-order valence-electron chi connectivity index (χ0n) is 6.26. The molecule has 0 aromatic carbocycles. The van der Waals surface area contributed by atoms with Gasteiger partial charge in [0.1, 0.15) is 0 Å². The summed E-state index contributed by atoms with van der Waals surface area (Å²) in [5.74, 6) is 0. The van der Waals surface area contributed by atoms with Crippen LogP contribution in [0.15, 0.2) is 6.07 Å². The molecule has 10 heavy (non-hydrogen) atoms. The predicted molar refractivity (Wildman–Crippen MR) is 45.2 cm³/mol. The zero-order valence-corrected chi connectivity index (χ0v) is 7.85. The first-order valence-corrected chi connectivity index (χ1v) is 4.47. The smallest absolute Gasteiger partial charge is 0.0732 e. The summed E-state index contributed by atoms with van der Waals surface area (Å²) >= 11 is 3.36. The van der Waals surface area contributed by atoms with Crippen molar-refractivity contribution in [3.63, 3.8) is 0 Å². The van der Waals surface area contributed by atoms with Gasteiger partial charge < -0.3 is 0 Å². The van der Waals surface area contributed by atoms with Crippen LogP contribution in [-0.2, 0) is 18.8 Å². The topological polar surface area (TPSA) is 17.8 Å². The van der Waals surface area contributed by atoms with Crippen LogP contribution in [-0.4, -0.2) is 9.78 Å². The summed E-state index contributed by atoms with van der Waals surface area (Å²) in [7, 11) is 1.98. The lowest BCUT2D eigenvalue weighted by Crippen LogP contribution is -1.95. The minimum absolute atomic E-state index is 0.848. The maximum atomic E-state index is 4.27. The number of hydrogen-bond acceptors (Lipinski definition) is 1. The molecule has 1 rings (SSSR count). The van der Waals surface area contributed by atoms with Gasteiger partial charge in [0.2, 0.25) is 0 Å². The van der Waals surface area contributed by atoms with E-state index in [1.54, 1.807) is 0 Å². The van der Waals surface area contributed by atoms with Gasteiger partial charge in [-0.1, -0.05) is 22.9 Å². The molecule has 0 fully saturated rings. The fraction of sp³-hybridized carbons (Fsp3) is 0.571. The van der Waals surface area contributed by atoms with Gasteiger partial charge in [-0.2, -0.15) is 5.10 Å². The molecule has 0 atom stereocenters. The van der Waals surface area contributed by atoms with E-state index in [1.807, 2.05) is 11.7 Å². The van der Waals surface area contributed by atoms with E-state index in [2.05, 4.69) is 34.0 Å². The molecule has 1 aromatic rings. The summed E-state index contributed by atoms with van der Waals surface area (Å²) in [5.41, 5.74) is 2.40. The molecule has 0 saturated carbocycles. The molecule has 1 aromatic heterocycles. The van der Waals surface area contributed by atoms with Crippen LogP contribution >= 0.6 is 15.9 Å². The number of aromatic nitrogens is 2. The van der Waals surface area contributed by atoms with Crippen molar-refractivity contribution in [1.29, 1.82) is 0 Å². The summed E-state index contributed by atoms with van der Waals surface area (Å²) in [5, 5.41) is 5.12. The van der Waals surface area contributed by atoms with Crippen molar-refractivity contribution < 1.29 is 0 Å². The Balaban J connectivity index is 2.92. The molecular weight excluding hydrogens is 192 g/mol. The molecule has 0 radical (unpaired) electrons. The van der Waals surface area contributed by atoms with Crippen LogP contribution in [0.1, 0.15) is 18.3 Å².